The van der Waals surface area contributed by atoms with E-state index in [-0.39, 0.29) is 60.7 Å². The van der Waals surface area contributed by atoms with Crippen molar-refractivity contribution >= 4 is 24.8 Å². The number of methoxy groups -OCH3 is 2. The van der Waals surface area contributed by atoms with Crippen LogP contribution in [0.15, 0.2) is 12.1 Å². The lowest BCUT2D eigenvalue weighted by molar-refractivity contribution is -0.188. The molecule has 5 nitrogen and oxygen atoms in total. The lowest BCUT2D eigenvalue weighted by Crippen LogP contribution is -2.49. The quantitative estimate of drug-likeness (QED) is 0.824. The lowest BCUT2D eigenvalue weighted by atomic mass is 10.0. The first-order valence-electron chi connectivity index (χ1n) is 6.85. The smallest absolute Gasteiger partial charge is 0.408 e. The number of phenolic OH excluding ortho intramolecular Hbond substituents is 1. The summed E-state index contributed by atoms with van der Waals surface area (Å²) in [6, 6.07) is 0.484. The van der Waals surface area contributed by atoms with Gasteiger partial charge in [0.15, 0.2) is 0 Å². The van der Waals surface area contributed by atoms with Gasteiger partial charge in [-0.15, -0.1) is 24.8 Å². The number of nitrogens with zero attached hydrogens (tertiary/aromatic N) is 1. The summed E-state index contributed by atoms with van der Waals surface area (Å²) in [5, 5.41) is 12.6. The van der Waals surface area contributed by atoms with E-state index in [1.807, 2.05) is 0 Å². The molecule has 0 spiro atoms. The molecule has 0 saturated carbocycles. The van der Waals surface area contributed by atoms with E-state index in [0.29, 0.717) is 13.1 Å². The first-order valence-corrected chi connectivity index (χ1v) is 6.85. The summed E-state index contributed by atoms with van der Waals surface area (Å²) in [6.07, 6.45) is -4.49. The number of halogens is 5. The average molecular weight is 393 g/mol. The average Bonchev–Trinajstić information content (AvgIpc) is 2.48. The molecule has 1 fully saturated rings. The molecule has 1 aliphatic heterocycles. The standard InChI is InChI=1S/C14H19F3N2O3.2ClH/c1-21-10-7-9(20)8-11(22-2)12(10)13(14(15,16)17)19-5-3-18-4-6-19;;/h7-8,13,18,20H,3-6H2,1-2H3;2*1H/t13-;;/m1../s1. The summed E-state index contributed by atoms with van der Waals surface area (Å²) in [7, 11) is 2.53. The number of rotatable bonds is 4. The maximum absolute atomic E-state index is 13.7. The summed E-state index contributed by atoms with van der Waals surface area (Å²) in [5.74, 6) is -0.297. The van der Waals surface area contributed by atoms with Gasteiger partial charge in [-0.3, -0.25) is 4.90 Å². The van der Waals surface area contributed by atoms with Crippen LogP contribution in [0.2, 0.25) is 0 Å². The minimum absolute atomic E-state index is 0. The molecule has 1 atom stereocenters. The predicted octanol–water partition coefficient (Wildman–Crippen LogP) is 2.76. The number of alkyl halides is 3. The van der Waals surface area contributed by atoms with Crippen molar-refractivity contribution in [3.8, 4) is 17.2 Å². The highest BCUT2D eigenvalue weighted by Crippen LogP contribution is 2.47. The number of ether oxygens (including phenoxy) is 2. The molecule has 1 aromatic rings. The Morgan fingerprint density at radius 3 is 1.92 bits per heavy atom. The van der Waals surface area contributed by atoms with E-state index < -0.39 is 12.2 Å². The van der Waals surface area contributed by atoms with Crippen LogP contribution in [0.3, 0.4) is 0 Å². The molecule has 24 heavy (non-hydrogen) atoms. The lowest BCUT2D eigenvalue weighted by Gasteiger charge is -2.37. The van der Waals surface area contributed by atoms with E-state index in [2.05, 4.69) is 5.32 Å². The van der Waals surface area contributed by atoms with Crippen molar-refractivity contribution in [2.45, 2.75) is 12.2 Å². The minimum Gasteiger partial charge on any atom is -0.508 e. The van der Waals surface area contributed by atoms with Gasteiger partial charge in [-0.1, -0.05) is 0 Å². The number of piperazine rings is 1. The maximum Gasteiger partial charge on any atom is 0.408 e. The van der Waals surface area contributed by atoms with Crippen LogP contribution >= 0.6 is 24.8 Å². The van der Waals surface area contributed by atoms with Crippen molar-refractivity contribution in [2.75, 3.05) is 40.4 Å². The van der Waals surface area contributed by atoms with Crippen molar-refractivity contribution in [1.29, 1.82) is 0 Å². The summed E-state index contributed by atoms with van der Waals surface area (Å²) >= 11 is 0. The third kappa shape index (κ3) is 4.95. The maximum atomic E-state index is 13.7. The molecule has 1 aliphatic rings. The normalized spacial score (nSPS) is 16.5. The van der Waals surface area contributed by atoms with Gasteiger partial charge in [-0.25, -0.2) is 0 Å². The van der Waals surface area contributed by atoms with Crippen LogP contribution in [-0.2, 0) is 0 Å². The summed E-state index contributed by atoms with van der Waals surface area (Å²) < 4.78 is 51.2. The Morgan fingerprint density at radius 1 is 1.08 bits per heavy atom. The summed E-state index contributed by atoms with van der Waals surface area (Å²) in [5.41, 5.74) is -0.114. The Balaban J connectivity index is 0.00000264. The third-order valence-corrected chi connectivity index (χ3v) is 3.63. The molecule has 0 aromatic heterocycles. The first kappa shape index (κ1) is 22.9. The van der Waals surface area contributed by atoms with Crippen LogP contribution in [0.1, 0.15) is 11.6 Å². The summed E-state index contributed by atoms with van der Waals surface area (Å²) in [4.78, 5) is 1.34. The fraction of sp³-hybridized carbons (Fsp3) is 0.571. The van der Waals surface area contributed by atoms with E-state index in [1.165, 1.54) is 31.3 Å². The van der Waals surface area contributed by atoms with Crippen molar-refractivity contribution in [1.82, 2.24) is 10.2 Å². The van der Waals surface area contributed by atoms with E-state index in [9.17, 15) is 18.3 Å². The van der Waals surface area contributed by atoms with Gasteiger partial charge >= 0.3 is 6.18 Å². The Bertz CT molecular complexity index is 501. The van der Waals surface area contributed by atoms with Crippen molar-refractivity contribution in [3.63, 3.8) is 0 Å². The highest BCUT2D eigenvalue weighted by atomic mass is 35.5. The highest BCUT2D eigenvalue weighted by molar-refractivity contribution is 5.85. The Hall–Kier alpha value is -1.09. The van der Waals surface area contributed by atoms with Gasteiger partial charge in [-0.05, 0) is 0 Å². The van der Waals surface area contributed by atoms with Crippen molar-refractivity contribution in [3.05, 3.63) is 17.7 Å². The molecule has 0 bridgehead atoms. The second kappa shape index (κ2) is 9.41. The van der Waals surface area contributed by atoms with Crippen LogP contribution in [0.4, 0.5) is 13.2 Å². The van der Waals surface area contributed by atoms with Gasteiger partial charge in [0.05, 0.1) is 19.8 Å². The van der Waals surface area contributed by atoms with Crippen molar-refractivity contribution < 1.29 is 27.8 Å². The molecule has 1 heterocycles. The molecule has 0 amide bonds. The molecule has 1 saturated heterocycles. The molecule has 140 valence electrons. The monoisotopic (exact) mass is 392 g/mol. The Morgan fingerprint density at radius 2 is 1.54 bits per heavy atom. The molecule has 2 N–H and O–H groups in total. The molecule has 0 aliphatic carbocycles. The first-order chi connectivity index (χ1) is 10.4. The molecular formula is C14H21Cl2F3N2O3. The molecule has 1 aromatic carbocycles. The van der Waals surface area contributed by atoms with Gasteiger partial charge < -0.3 is 19.9 Å². The fourth-order valence-electron chi connectivity index (χ4n) is 2.69. The Labute approximate surface area is 150 Å². The second-order valence-electron chi connectivity index (χ2n) is 4.99. The zero-order valence-corrected chi connectivity index (χ0v) is 14.9. The van der Waals surface area contributed by atoms with Crippen LogP contribution in [-0.4, -0.2) is 56.6 Å². The van der Waals surface area contributed by atoms with Crippen LogP contribution in [0.5, 0.6) is 17.2 Å². The van der Waals surface area contributed by atoms with Gasteiger partial charge in [-0.2, -0.15) is 13.2 Å². The van der Waals surface area contributed by atoms with E-state index in [4.69, 9.17) is 9.47 Å². The molecule has 2 rings (SSSR count). The number of phenols is 1. The Kier molecular flexibility index (Phi) is 8.98. The number of hydrogen-bond acceptors (Lipinski definition) is 5. The van der Waals surface area contributed by atoms with E-state index in [1.54, 1.807) is 0 Å². The number of nitrogens with one attached hydrogen (secondary N) is 1. The zero-order chi connectivity index (χ0) is 16.3. The van der Waals surface area contributed by atoms with Gasteiger partial charge in [0, 0.05) is 38.3 Å². The number of benzene rings is 1. The van der Waals surface area contributed by atoms with E-state index in [0.717, 1.165) is 0 Å². The predicted molar refractivity (Wildman–Crippen MR) is 88.9 cm³/mol. The zero-order valence-electron chi connectivity index (χ0n) is 13.2. The van der Waals surface area contributed by atoms with Gasteiger partial charge in [0.25, 0.3) is 0 Å². The van der Waals surface area contributed by atoms with Gasteiger partial charge in [0.1, 0.15) is 23.3 Å². The molecule has 10 heteroatoms. The SMILES string of the molecule is COc1cc(O)cc(OC)c1[C@@H](N1CCNCC1)C(F)(F)F.Cl.Cl. The highest BCUT2D eigenvalue weighted by Gasteiger charge is 2.47. The molecular weight excluding hydrogens is 372 g/mol. The van der Waals surface area contributed by atoms with E-state index >= 15 is 0 Å². The topological polar surface area (TPSA) is 54.0 Å². The second-order valence-corrected chi connectivity index (χ2v) is 4.99. The molecule has 0 radical (unpaired) electrons. The fourth-order valence-corrected chi connectivity index (χ4v) is 2.69. The molecule has 0 unspecified atom stereocenters. The third-order valence-electron chi connectivity index (χ3n) is 3.63. The minimum atomic E-state index is -4.49. The van der Waals surface area contributed by atoms with Crippen LogP contribution in [0.25, 0.3) is 0 Å². The van der Waals surface area contributed by atoms with Crippen LogP contribution in [0, 0.1) is 0 Å². The van der Waals surface area contributed by atoms with Crippen molar-refractivity contribution in [2.24, 2.45) is 0 Å². The number of aromatic hydroxyl groups is 1. The summed E-state index contributed by atoms with van der Waals surface area (Å²) in [6.45, 7) is 1.49. The largest absolute Gasteiger partial charge is 0.508 e. The number of hydrogen-bond donors (Lipinski definition) is 2. The van der Waals surface area contributed by atoms with Gasteiger partial charge in [0.2, 0.25) is 0 Å². The van der Waals surface area contributed by atoms with Crippen LogP contribution < -0.4 is 14.8 Å².